The Hall–Kier alpha value is -0.610. The van der Waals surface area contributed by atoms with Crippen LogP contribution in [0.15, 0.2) is 0 Å². The van der Waals surface area contributed by atoms with E-state index < -0.39 is 5.54 Å². The van der Waals surface area contributed by atoms with Crippen molar-refractivity contribution in [2.45, 2.75) is 57.5 Å². The lowest BCUT2D eigenvalue weighted by atomic mass is 9.85. The van der Waals surface area contributed by atoms with Gasteiger partial charge in [-0.25, -0.2) is 0 Å². The van der Waals surface area contributed by atoms with Crippen molar-refractivity contribution < 1.29 is 9.90 Å². The van der Waals surface area contributed by atoms with Crippen LogP contribution in [0.3, 0.4) is 0 Å². The Balaban J connectivity index is 2.51. The minimum atomic E-state index is -0.487. The largest absolute Gasteiger partial charge is 0.394 e. The summed E-state index contributed by atoms with van der Waals surface area (Å²) >= 11 is 0. The number of nitrogens with one attached hydrogen (secondary N) is 1. The van der Waals surface area contributed by atoms with Crippen LogP contribution in [0, 0.1) is 5.92 Å². The lowest BCUT2D eigenvalue weighted by Crippen LogP contribution is -2.51. The maximum atomic E-state index is 12.0. The predicted molar refractivity (Wildman–Crippen MR) is 63.9 cm³/mol. The summed E-state index contributed by atoms with van der Waals surface area (Å²) in [4.78, 5) is 12.0. The van der Waals surface area contributed by atoms with E-state index in [4.69, 9.17) is 5.73 Å². The second kappa shape index (κ2) is 5.64. The lowest BCUT2D eigenvalue weighted by Gasteiger charge is -2.32. The first-order valence-corrected chi connectivity index (χ1v) is 6.19. The summed E-state index contributed by atoms with van der Waals surface area (Å²) in [5.41, 5.74) is 5.37. The smallest absolute Gasteiger partial charge is 0.223 e. The monoisotopic (exact) mass is 228 g/mol. The first kappa shape index (κ1) is 13.5. The topological polar surface area (TPSA) is 75.3 Å². The van der Waals surface area contributed by atoms with Gasteiger partial charge in [0.15, 0.2) is 0 Å². The van der Waals surface area contributed by atoms with Crippen molar-refractivity contribution in [3.63, 3.8) is 0 Å². The first-order valence-electron chi connectivity index (χ1n) is 6.19. The Morgan fingerprint density at radius 2 is 2.25 bits per heavy atom. The van der Waals surface area contributed by atoms with Crippen LogP contribution in [0.5, 0.6) is 0 Å². The number of hydrogen-bond donors (Lipinski definition) is 3. The van der Waals surface area contributed by atoms with Crippen molar-refractivity contribution >= 4 is 5.91 Å². The zero-order chi connectivity index (χ0) is 12.2. The molecule has 0 aromatic heterocycles. The summed E-state index contributed by atoms with van der Waals surface area (Å²) in [7, 11) is 0. The zero-order valence-electron chi connectivity index (χ0n) is 10.3. The average molecular weight is 228 g/mol. The normalized spacial score (nSPS) is 29.5. The predicted octanol–water partition coefficient (Wildman–Crippen LogP) is 0.781. The van der Waals surface area contributed by atoms with Crippen molar-refractivity contribution in [3.05, 3.63) is 0 Å². The van der Waals surface area contributed by atoms with Crippen molar-refractivity contribution in [1.82, 2.24) is 5.32 Å². The lowest BCUT2D eigenvalue weighted by molar-refractivity contribution is -0.128. The Bertz CT molecular complexity index is 239. The van der Waals surface area contributed by atoms with Gasteiger partial charge >= 0.3 is 0 Å². The fraction of sp³-hybridized carbons (Fsp3) is 0.917. The number of carbonyl (C=O) groups excluding carboxylic acids is 1. The molecule has 3 atom stereocenters. The number of hydrogen-bond acceptors (Lipinski definition) is 3. The molecule has 3 unspecified atom stereocenters. The maximum Gasteiger partial charge on any atom is 0.223 e. The van der Waals surface area contributed by atoms with Crippen LogP contribution in [-0.2, 0) is 4.79 Å². The van der Waals surface area contributed by atoms with E-state index >= 15 is 0 Å². The van der Waals surface area contributed by atoms with Gasteiger partial charge in [-0.1, -0.05) is 13.3 Å². The van der Waals surface area contributed by atoms with Crippen molar-refractivity contribution in [1.29, 1.82) is 0 Å². The average Bonchev–Trinajstić information content (AvgIpc) is 2.29. The molecule has 0 aromatic carbocycles. The van der Waals surface area contributed by atoms with Crippen LogP contribution < -0.4 is 11.1 Å². The Kier molecular flexibility index (Phi) is 4.74. The molecule has 94 valence electrons. The zero-order valence-corrected chi connectivity index (χ0v) is 10.3. The third kappa shape index (κ3) is 3.46. The number of carbonyl (C=O) groups is 1. The van der Waals surface area contributed by atoms with E-state index in [-0.39, 0.29) is 24.5 Å². The molecule has 1 saturated carbocycles. The second-order valence-corrected chi connectivity index (χ2v) is 5.19. The van der Waals surface area contributed by atoms with E-state index in [1.807, 2.05) is 13.8 Å². The van der Waals surface area contributed by atoms with E-state index in [1.165, 1.54) is 0 Å². The minimum Gasteiger partial charge on any atom is -0.394 e. The fourth-order valence-corrected chi connectivity index (χ4v) is 2.10. The van der Waals surface area contributed by atoms with E-state index in [0.717, 1.165) is 32.1 Å². The summed E-state index contributed by atoms with van der Waals surface area (Å²) in [6.07, 6.45) is 4.48. The second-order valence-electron chi connectivity index (χ2n) is 5.19. The highest BCUT2D eigenvalue weighted by atomic mass is 16.3. The Labute approximate surface area is 97.6 Å². The van der Waals surface area contributed by atoms with Crippen LogP contribution in [0.25, 0.3) is 0 Å². The molecule has 1 aliphatic carbocycles. The first-order chi connectivity index (χ1) is 7.50. The van der Waals surface area contributed by atoms with E-state index in [9.17, 15) is 9.90 Å². The van der Waals surface area contributed by atoms with Gasteiger partial charge in [0.1, 0.15) is 0 Å². The highest BCUT2D eigenvalue weighted by Crippen LogP contribution is 2.24. The molecule has 0 saturated heterocycles. The summed E-state index contributed by atoms with van der Waals surface area (Å²) in [6, 6.07) is 0.159. The van der Waals surface area contributed by atoms with Gasteiger partial charge in [-0.05, 0) is 32.6 Å². The number of rotatable bonds is 4. The quantitative estimate of drug-likeness (QED) is 0.665. The summed E-state index contributed by atoms with van der Waals surface area (Å²) < 4.78 is 0. The highest BCUT2D eigenvalue weighted by molar-refractivity contribution is 5.79. The Morgan fingerprint density at radius 3 is 2.75 bits per heavy atom. The van der Waals surface area contributed by atoms with Gasteiger partial charge in [-0.2, -0.15) is 0 Å². The molecule has 4 nitrogen and oxygen atoms in total. The molecule has 0 bridgehead atoms. The molecule has 0 heterocycles. The number of nitrogens with two attached hydrogens (primary N) is 1. The third-order valence-corrected chi connectivity index (χ3v) is 3.64. The summed E-state index contributed by atoms with van der Waals surface area (Å²) in [5, 5.41) is 12.2. The SMILES string of the molecule is CCC(C)(CO)NC(=O)C1CCCC(N)C1. The molecular weight excluding hydrogens is 204 g/mol. The molecule has 0 aliphatic heterocycles. The standard InChI is InChI=1S/C12H24N2O2/c1-3-12(2,8-15)14-11(16)9-5-4-6-10(13)7-9/h9-10,15H,3-8,13H2,1-2H3,(H,14,16). The van der Waals surface area contributed by atoms with E-state index in [1.54, 1.807) is 0 Å². The van der Waals surface area contributed by atoms with Gasteiger partial charge in [-0.15, -0.1) is 0 Å². The minimum absolute atomic E-state index is 0.0198. The van der Waals surface area contributed by atoms with Crippen LogP contribution in [0.4, 0.5) is 0 Å². The summed E-state index contributed by atoms with van der Waals surface area (Å²) in [6.45, 7) is 3.81. The Morgan fingerprint density at radius 1 is 1.56 bits per heavy atom. The van der Waals surface area contributed by atoms with Gasteiger partial charge in [0.2, 0.25) is 5.91 Å². The van der Waals surface area contributed by atoms with Gasteiger partial charge in [0.25, 0.3) is 0 Å². The maximum absolute atomic E-state index is 12.0. The molecule has 0 spiro atoms. The fourth-order valence-electron chi connectivity index (χ4n) is 2.10. The van der Waals surface area contributed by atoms with Gasteiger partial charge in [-0.3, -0.25) is 4.79 Å². The molecular formula is C12H24N2O2. The number of amides is 1. The van der Waals surface area contributed by atoms with E-state index in [2.05, 4.69) is 5.32 Å². The highest BCUT2D eigenvalue weighted by Gasteiger charge is 2.30. The van der Waals surface area contributed by atoms with Crippen molar-refractivity contribution in [3.8, 4) is 0 Å². The van der Waals surface area contributed by atoms with Gasteiger partial charge in [0, 0.05) is 12.0 Å². The molecule has 1 rings (SSSR count). The number of aliphatic hydroxyl groups excluding tert-OH is 1. The summed E-state index contributed by atoms with van der Waals surface area (Å²) in [5.74, 6) is 0.0784. The molecule has 1 fully saturated rings. The molecule has 4 heteroatoms. The number of aliphatic hydroxyl groups is 1. The van der Waals surface area contributed by atoms with Crippen LogP contribution in [-0.4, -0.2) is 29.2 Å². The molecule has 4 N–H and O–H groups in total. The van der Waals surface area contributed by atoms with Crippen LogP contribution >= 0.6 is 0 Å². The van der Waals surface area contributed by atoms with Crippen molar-refractivity contribution in [2.75, 3.05) is 6.61 Å². The molecule has 16 heavy (non-hydrogen) atoms. The molecule has 1 amide bonds. The van der Waals surface area contributed by atoms with Gasteiger partial charge in [0.05, 0.1) is 12.1 Å². The van der Waals surface area contributed by atoms with E-state index in [0.29, 0.717) is 0 Å². The van der Waals surface area contributed by atoms with Gasteiger partial charge < -0.3 is 16.2 Å². The van der Waals surface area contributed by atoms with Crippen molar-refractivity contribution in [2.24, 2.45) is 11.7 Å². The van der Waals surface area contributed by atoms with Crippen LogP contribution in [0.1, 0.15) is 46.0 Å². The molecule has 0 aromatic rings. The molecule has 1 aliphatic rings. The van der Waals surface area contributed by atoms with Crippen LogP contribution in [0.2, 0.25) is 0 Å². The molecule has 0 radical (unpaired) electrons. The third-order valence-electron chi connectivity index (χ3n) is 3.64.